The largest absolute Gasteiger partial charge is 0.493 e. The molecule has 1 aliphatic heterocycles. The van der Waals surface area contributed by atoms with E-state index in [9.17, 15) is 20.4 Å². The van der Waals surface area contributed by atoms with Gasteiger partial charge in [-0.1, -0.05) is 68.1 Å². The third kappa shape index (κ3) is 5.53. The van der Waals surface area contributed by atoms with Gasteiger partial charge in [0.25, 0.3) is 0 Å². The molecule has 4 aromatic carbocycles. The van der Waals surface area contributed by atoms with Crippen molar-refractivity contribution in [3.05, 3.63) is 54.6 Å². The lowest BCUT2D eigenvalue weighted by molar-refractivity contribution is -0.294. The summed E-state index contributed by atoms with van der Waals surface area (Å²) in [7, 11) is 0. The molecule has 1 fully saturated rings. The second-order valence-corrected chi connectivity index (χ2v) is 9.95. The maximum absolute atomic E-state index is 10.2. The summed E-state index contributed by atoms with van der Waals surface area (Å²) < 4.78 is 16.8. The first kappa shape index (κ1) is 26.1. The van der Waals surface area contributed by atoms with Crippen molar-refractivity contribution in [1.82, 2.24) is 0 Å². The molecule has 5 atom stereocenters. The second kappa shape index (κ2) is 11.9. The van der Waals surface area contributed by atoms with Gasteiger partial charge in [0.15, 0.2) is 6.29 Å². The minimum atomic E-state index is -1.48. The SMILES string of the molecule is OC[C@H]1OC(O)[C@H](O)[C@@H](OCCCCCCCCOc2ccc3ccc4cccc5ccc2c3c45)[C@@H]1O. The summed E-state index contributed by atoms with van der Waals surface area (Å²) in [5.74, 6) is 0.939. The van der Waals surface area contributed by atoms with E-state index < -0.39 is 37.3 Å². The van der Waals surface area contributed by atoms with Gasteiger partial charge in [0.2, 0.25) is 0 Å². The minimum Gasteiger partial charge on any atom is -0.493 e. The first-order valence-corrected chi connectivity index (χ1v) is 13.3. The Hall–Kier alpha value is -2.52. The molecule has 0 radical (unpaired) electrons. The molecule has 198 valence electrons. The highest BCUT2D eigenvalue weighted by atomic mass is 16.6. The van der Waals surface area contributed by atoms with E-state index in [1.807, 2.05) is 0 Å². The van der Waals surface area contributed by atoms with Crippen LogP contribution in [0.2, 0.25) is 0 Å². The smallest absolute Gasteiger partial charge is 0.184 e. The predicted molar refractivity (Wildman–Crippen MR) is 143 cm³/mol. The number of hydrogen-bond donors (Lipinski definition) is 4. The number of benzene rings is 4. The summed E-state index contributed by atoms with van der Waals surface area (Å²) in [6.07, 6.45) is 0.0291. The Kier molecular flexibility index (Phi) is 8.39. The van der Waals surface area contributed by atoms with Crippen LogP contribution < -0.4 is 4.74 Å². The predicted octanol–water partition coefficient (Wildman–Crippen LogP) is 4.12. The van der Waals surface area contributed by atoms with E-state index in [4.69, 9.17) is 14.2 Å². The minimum absolute atomic E-state index is 0.363. The summed E-state index contributed by atoms with van der Waals surface area (Å²) in [6.45, 7) is 0.591. The van der Waals surface area contributed by atoms with Crippen molar-refractivity contribution in [3.63, 3.8) is 0 Å². The van der Waals surface area contributed by atoms with Gasteiger partial charge in [-0.25, -0.2) is 0 Å². The Morgan fingerprint density at radius 1 is 0.676 bits per heavy atom. The average molecular weight is 509 g/mol. The van der Waals surface area contributed by atoms with Crippen molar-refractivity contribution >= 4 is 32.3 Å². The Morgan fingerprint density at radius 3 is 2.03 bits per heavy atom. The van der Waals surface area contributed by atoms with E-state index in [-0.39, 0.29) is 0 Å². The van der Waals surface area contributed by atoms with Gasteiger partial charge >= 0.3 is 0 Å². The van der Waals surface area contributed by atoms with Crippen molar-refractivity contribution in [2.24, 2.45) is 0 Å². The zero-order valence-electron chi connectivity index (χ0n) is 21.0. The Morgan fingerprint density at radius 2 is 1.30 bits per heavy atom. The van der Waals surface area contributed by atoms with Crippen LogP contribution in [-0.2, 0) is 9.47 Å². The molecule has 4 aromatic rings. The molecule has 0 saturated carbocycles. The number of hydrogen-bond acceptors (Lipinski definition) is 7. The zero-order valence-corrected chi connectivity index (χ0v) is 21.0. The molecule has 7 nitrogen and oxygen atoms in total. The molecule has 1 unspecified atom stereocenters. The van der Waals surface area contributed by atoms with Crippen LogP contribution in [0, 0.1) is 0 Å². The van der Waals surface area contributed by atoms with Crippen LogP contribution in [0.5, 0.6) is 5.75 Å². The van der Waals surface area contributed by atoms with Gasteiger partial charge in [0, 0.05) is 17.4 Å². The van der Waals surface area contributed by atoms with Crippen LogP contribution in [0.3, 0.4) is 0 Å². The standard InChI is InChI=1S/C30H36O7/c31-18-24-27(32)29(28(33)30(34)37-24)36-17-6-4-2-1-3-5-16-35-23-15-13-21-11-10-19-8-7-9-20-12-14-22(23)26(21)25(19)20/h7-15,24,27-34H,1-6,16-18H2/t24-,27-,28-,29+,30?/m1/s1. The van der Waals surface area contributed by atoms with E-state index in [2.05, 4.69) is 54.6 Å². The van der Waals surface area contributed by atoms with Crippen LogP contribution >= 0.6 is 0 Å². The fraction of sp³-hybridized carbons (Fsp3) is 0.467. The molecule has 0 spiro atoms. The highest BCUT2D eigenvalue weighted by Gasteiger charge is 2.44. The first-order valence-electron chi connectivity index (χ1n) is 13.3. The zero-order chi connectivity index (χ0) is 25.8. The van der Waals surface area contributed by atoms with Crippen LogP contribution in [0.1, 0.15) is 38.5 Å². The van der Waals surface area contributed by atoms with Crippen molar-refractivity contribution in [2.45, 2.75) is 69.2 Å². The van der Waals surface area contributed by atoms with Crippen molar-refractivity contribution < 1.29 is 34.6 Å². The number of rotatable bonds is 12. The maximum atomic E-state index is 10.2. The molecule has 7 heteroatoms. The van der Waals surface area contributed by atoms with Crippen LogP contribution in [-0.4, -0.2) is 71.0 Å². The molecular weight excluding hydrogens is 472 g/mol. The van der Waals surface area contributed by atoms with Gasteiger partial charge in [-0.05, 0) is 46.5 Å². The van der Waals surface area contributed by atoms with Gasteiger partial charge < -0.3 is 34.6 Å². The summed E-state index contributed by atoms with van der Waals surface area (Å²) >= 11 is 0. The van der Waals surface area contributed by atoms with Gasteiger partial charge in [0.05, 0.1) is 13.2 Å². The molecular formula is C30H36O7. The Bertz CT molecular complexity index is 1280. The first-order chi connectivity index (χ1) is 18.1. The number of aliphatic hydroxyl groups is 4. The molecule has 0 aromatic heterocycles. The molecule has 1 aliphatic rings. The van der Waals surface area contributed by atoms with E-state index >= 15 is 0 Å². The van der Waals surface area contributed by atoms with Crippen molar-refractivity contribution in [1.29, 1.82) is 0 Å². The van der Waals surface area contributed by atoms with Crippen molar-refractivity contribution in [2.75, 3.05) is 19.8 Å². The van der Waals surface area contributed by atoms with E-state index in [0.29, 0.717) is 13.2 Å². The molecule has 0 bridgehead atoms. The van der Waals surface area contributed by atoms with Gasteiger partial charge in [0.1, 0.15) is 30.2 Å². The lowest BCUT2D eigenvalue weighted by atomic mass is 9.94. The lowest BCUT2D eigenvalue weighted by Crippen LogP contribution is -2.59. The van der Waals surface area contributed by atoms with Gasteiger partial charge in [-0.3, -0.25) is 0 Å². The molecule has 0 amide bonds. The molecule has 4 N–H and O–H groups in total. The molecule has 37 heavy (non-hydrogen) atoms. The quantitative estimate of drug-likeness (QED) is 0.168. The summed E-state index contributed by atoms with van der Waals surface area (Å²) in [4.78, 5) is 0. The fourth-order valence-electron chi connectivity index (χ4n) is 5.41. The monoisotopic (exact) mass is 508 g/mol. The van der Waals surface area contributed by atoms with Gasteiger partial charge in [-0.15, -0.1) is 0 Å². The van der Waals surface area contributed by atoms with E-state index in [0.717, 1.165) is 44.3 Å². The highest BCUT2D eigenvalue weighted by Crippen LogP contribution is 2.38. The fourth-order valence-corrected chi connectivity index (χ4v) is 5.41. The van der Waals surface area contributed by atoms with E-state index in [1.54, 1.807) is 0 Å². The van der Waals surface area contributed by atoms with Crippen LogP contribution in [0.15, 0.2) is 54.6 Å². The third-order valence-corrected chi connectivity index (χ3v) is 7.44. The molecule has 5 rings (SSSR count). The molecule has 1 heterocycles. The lowest BCUT2D eigenvalue weighted by Gasteiger charge is -2.39. The molecule has 1 saturated heterocycles. The second-order valence-electron chi connectivity index (χ2n) is 9.95. The van der Waals surface area contributed by atoms with Crippen LogP contribution in [0.25, 0.3) is 32.3 Å². The van der Waals surface area contributed by atoms with Gasteiger partial charge in [-0.2, -0.15) is 0 Å². The number of ether oxygens (including phenoxy) is 3. The summed E-state index contributed by atoms with van der Waals surface area (Å²) in [5.41, 5.74) is 0. The maximum Gasteiger partial charge on any atom is 0.184 e. The normalized spacial score (nSPS) is 24.4. The average Bonchev–Trinajstić information content (AvgIpc) is 2.92. The summed E-state index contributed by atoms with van der Waals surface area (Å²) in [6, 6.07) is 19.4. The van der Waals surface area contributed by atoms with E-state index in [1.165, 1.54) is 32.3 Å². The van der Waals surface area contributed by atoms with Crippen molar-refractivity contribution in [3.8, 4) is 5.75 Å². The highest BCUT2D eigenvalue weighted by molar-refractivity contribution is 6.24. The summed E-state index contributed by atoms with van der Waals surface area (Å²) in [5, 5.41) is 46.6. The third-order valence-electron chi connectivity index (χ3n) is 7.44. The Labute approximate surface area is 216 Å². The number of aliphatic hydroxyl groups excluding tert-OH is 4. The topological polar surface area (TPSA) is 109 Å². The number of unbranched alkanes of at least 4 members (excludes halogenated alkanes) is 5. The van der Waals surface area contributed by atoms with Crippen LogP contribution in [0.4, 0.5) is 0 Å². The molecule has 0 aliphatic carbocycles. The Balaban J connectivity index is 1.02.